The molecule has 1 aromatic heterocycles. The third kappa shape index (κ3) is 6.51. The number of para-hydroxylation sites is 2. The zero-order valence-electron chi connectivity index (χ0n) is 32.9. The van der Waals surface area contributed by atoms with Crippen molar-refractivity contribution >= 4 is 49.8 Å². The third-order valence-electron chi connectivity index (χ3n) is 11.7. The van der Waals surface area contributed by atoms with E-state index in [1.807, 2.05) is 12.1 Å². The summed E-state index contributed by atoms with van der Waals surface area (Å²) in [6.45, 7) is 0. The fourth-order valence-electron chi connectivity index (χ4n) is 8.69. The average molecular weight is 766 g/mol. The molecule has 11 rings (SSSR count). The van der Waals surface area contributed by atoms with Gasteiger partial charge in [0.25, 0.3) is 0 Å². The van der Waals surface area contributed by atoms with Crippen LogP contribution in [0.5, 0.6) is 0 Å². The fourth-order valence-corrected chi connectivity index (χ4v) is 8.69. The monoisotopic (exact) mass is 765 g/mol. The molecule has 0 unspecified atom stereocenters. The molecule has 0 aliphatic carbocycles. The molecule has 2 heteroatoms. The molecule has 0 amide bonds. The summed E-state index contributed by atoms with van der Waals surface area (Å²) in [5, 5.41) is 4.73. The number of hydrogen-bond acceptors (Lipinski definition) is 2. The summed E-state index contributed by atoms with van der Waals surface area (Å²) in [7, 11) is 0. The zero-order valence-corrected chi connectivity index (χ0v) is 32.9. The molecule has 0 fully saturated rings. The van der Waals surface area contributed by atoms with Gasteiger partial charge in [0.1, 0.15) is 11.2 Å². The van der Waals surface area contributed by atoms with E-state index in [0.29, 0.717) is 0 Å². The van der Waals surface area contributed by atoms with Crippen molar-refractivity contribution in [2.24, 2.45) is 0 Å². The molecule has 0 saturated heterocycles. The predicted molar refractivity (Wildman–Crippen MR) is 253 cm³/mol. The predicted octanol–water partition coefficient (Wildman–Crippen LogP) is 16.5. The fraction of sp³-hybridized carbons (Fsp3) is 0. The van der Waals surface area contributed by atoms with Gasteiger partial charge in [0, 0.05) is 27.7 Å². The van der Waals surface area contributed by atoms with Crippen molar-refractivity contribution in [2.75, 3.05) is 4.90 Å². The summed E-state index contributed by atoms with van der Waals surface area (Å²) < 4.78 is 6.24. The van der Waals surface area contributed by atoms with Crippen LogP contribution in [0.4, 0.5) is 17.1 Å². The second-order valence-corrected chi connectivity index (χ2v) is 15.3. The molecule has 1 heterocycles. The van der Waals surface area contributed by atoms with Crippen LogP contribution in [-0.2, 0) is 0 Å². The molecule has 2 nitrogen and oxygen atoms in total. The van der Waals surface area contributed by atoms with Gasteiger partial charge in [0.2, 0.25) is 0 Å². The first-order chi connectivity index (χ1) is 29.7. The van der Waals surface area contributed by atoms with Crippen molar-refractivity contribution in [1.29, 1.82) is 0 Å². The SMILES string of the molecule is c1ccc(-c2ccc(-c3ccc(N(c4cccc(-c5cccc(-c6cccc7ccccc67)c5)c4)c4ccccc4-c4ccc5oc6ccccc6c5c4)cc3)cc2)cc1. The van der Waals surface area contributed by atoms with Crippen LogP contribution in [-0.4, -0.2) is 0 Å². The Morgan fingerprint density at radius 1 is 0.267 bits per heavy atom. The van der Waals surface area contributed by atoms with Gasteiger partial charge in [0.05, 0.1) is 5.69 Å². The first-order valence-electron chi connectivity index (χ1n) is 20.5. The smallest absolute Gasteiger partial charge is 0.135 e. The van der Waals surface area contributed by atoms with Gasteiger partial charge >= 0.3 is 0 Å². The normalized spacial score (nSPS) is 11.3. The number of benzene rings is 10. The van der Waals surface area contributed by atoms with E-state index in [2.05, 4.69) is 229 Å². The Morgan fingerprint density at radius 2 is 0.783 bits per heavy atom. The topological polar surface area (TPSA) is 16.4 Å². The van der Waals surface area contributed by atoms with Crippen LogP contribution in [0.1, 0.15) is 0 Å². The van der Waals surface area contributed by atoms with Crippen molar-refractivity contribution in [3.63, 3.8) is 0 Å². The van der Waals surface area contributed by atoms with Crippen LogP contribution in [0.15, 0.2) is 241 Å². The van der Waals surface area contributed by atoms with Crippen LogP contribution in [0.3, 0.4) is 0 Å². The second-order valence-electron chi connectivity index (χ2n) is 15.3. The van der Waals surface area contributed by atoms with Crippen molar-refractivity contribution in [3.8, 4) is 55.6 Å². The van der Waals surface area contributed by atoms with E-state index in [1.54, 1.807) is 0 Å². The van der Waals surface area contributed by atoms with Crippen molar-refractivity contribution in [3.05, 3.63) is 237 Å². The van der Waals surface area contributed by atoms with Gasteiger partial charge in [-0.05, 0) is 115 Å². The Kier molecular flexibility index (Phi) is 8.87. The lowest BCUT2D eigenvalue weighted by atomic mass is 9.95. The Bertz CT molecular complexity index is 3300. The molecule has 0 bridgehead atoms. The minimum atomic E-state index is 0.889. The third-order valence-corrected chi connectivity index (χ3v) is 11.7. The van der Waals surface area contributed by atoms with E-state index in [4.69, 9.17) is 4.42 Å². The van der Waals surface area contributed by atoms with Gasteiger partial charge in [-0.1, -0.05) is 182 Å². The lowest BCUT2D eigenvalue weighted by Gasteiger charge is -2.28. The first-order valence-corrected chi connectivity index (χ1v) is 20.5. The van der Waals surface area contributed by atoms with Crippen molar-refractivity contribution in [1.82, 2.24) is 0 Å². The van der Waals surface area contributed by atoms with Gasteiger partial charge in [-0.25, -0.2) is 0 Å². The van der Waals surface area contributed by atoms with Gasteiger partial charge in [0.15, 0.2) is 0 Å². The molecule has 60 heavy (non-hydrogen) atoms. The Hall–Kier alpha value is -7.94. The van der Waals surface area contributed by atoms with Crippen LogP contribution >= 0.6 is 0 Å². The summed E-state index contributed by atoms with van der Waals surface area (Å²) in [5.41, 5.74) is 16.8. The molecule has 0 radical (unpaired) electrons. The second kappa shape index (κ2) is 15.1. The lowest BCUT2D eigenvalue weighted by Crippen LogP contribution is -2.11. The molecule has 0 spiro atoms. The average Bonchev–Trinajstić information content (AvgIpc) is 3.70. The summed E-state index contributed by atoms with van der Waals surface area (Å²) in [6.07, 6.45) is 0. The molecule has 0 atom stereocenters. The van der Waals surface area contributed by atoms with Gasteiger partial charge in [-0.15, -0.1) is 0 Å². The van der Waals surface area contributed by atoms with E-state index < -0.39 is 0 Å². The standard InChI is InChI=1S/C58H39NO/c1-2-13-40(14-3-1)41-27-29-42(30-28-41)43-31-34-49(35-32-43)59(56-25-8-6-22-53(56)48-33-36-58-55(39-48)54-23-7-9-26-57(54)60-58)50-20-11-18-46(38-50)45-17-10-19-47(37-45)52-24-12-16-44-15-4-5-21-51(44)52/h1-39H. The van der Waals surface area contributed by atoms with Crippen LogP contribution < -0.4 is 4.90 Å². The molecule has 282 valence electrons. The van der Waals surface area contributed by atoms with Crippen LogP contribution in [0, 0.1) is 0 Å². The first kappa shape index (κ1) is 35.2. The number of rotatable bonds is 8. The minimum Gasteiger partial charge on any atom is -0.456 e. The number of furan rings is 1. The molecule has 11 aromatic rings. The van der Waals surface area contributed by atoms with Crippen molar-refractivity contribution in [2.45, 2.75) is 0 Å². The molecule has 0 saturated carbocycles. The summed E-state index contributed by atoms with van der Waals surface area (Å²) >= 11 is 0. The highest BCUT2D eigenvalue weighted by Gasteiger charge is 2.19. The number of fused-ring (bicyclic) bond motifs is 4. The largest absolute Gasteiger partial charge is 0.456 e. The molecule has 0 aliphatic rings. The number of hydrogen-bond donors (Lipinski definition) is 0. The summed E-state index contributed by atoms with van der Waals surface area (Å²) in [4.78, 5) is 2.40. The van der Waals surface area contributed by atoms with Gasteiger partial charge in [-0.3, -0.25) is 0 Å². The Labute approximate surface area is 349 Å². The van der Waals surface area contributed by atoms with Crippen LogP contribution in [0.25, 0.3) is 88.3 Å². The summed E-state index contributed by atoms with van der Waals surface area (Å²) in [6, 6.07) is 85.0. The van der Waals surface area contributed by atoms with Gasteiger partial charge in [-0.2, -0.15) is 0 Å². The number of anilines is 3. The highest BCUT2D eigenvalue weighted by molar-refractivity contribution is 6.07. The zero-order chi connectivity index (χ0) is 39.8. The summed E-state index contributed by atoms with van der Waals surface area (Å²) in [5.74, 6) is 0. The van der Waals surface area contributed by atoms with E-state index >= 15 is 0 Å². The molecular formula is C58H39NO. The van der Waals surface area contributed by atoms with Gasteiger partial charge < -0.3 is 9.32 Å². The maximum atomic E-state index is 6.24. The highest BCUT2D eigenvalue weighted by Crippen LogP contribution is 2.44. The highest BCUT2D eigenvalue weighted by atomic mass is 16.3. The Balaban J connectivity index is 1.02. The quantitative estimate of drug-likeness (QED) is 0.153. The van der Waals surface area contributed by atoms with E-state index in [9.17, 15) is 0 Å². The maximum absolute atomic E-state index is 6.24. The van der Waals surface area contributed by atoms with Crippen LogP contribution in [0.2, 0.25) is 0 Å². The van der Waals surface area contributed by atoms with E-state index in [0.717, 1.165) is 55.7 Å². The minimum absolute atomic E-state index is 0.889. The van der Waals surface area contributed by atoms with Crippen molar-refractivity contribution < 1.29 is 4.42 Å². The molecular weight excluding hydrogens is 727 g/mol. The Morgan fingerprint density at radius 3 is 1.60 bits per heavy atom. The van der Waals surface area contributed by atoms with E-state index in [1.165, 1.54) is 49.7 Å². The molecule has 0 N–H and O–H groups in total. The molecule has 0 aliphatic heterocycles. The maximum Gasteiger partial charge on any atom is 0.135 e. The molecule has 10 aromatic carbocycles. The van der Waals surface area contributed by atoms with E-state index in [-0.39, 0.29) is 0 Å². The lowest BCUT2D eigenvalue weighted by molar-refractivity contribution is 0.669. The number of nitrogens with zero attached hydrogens (tertiary/aromatic N) is 1.